The van der Waals surface area contributed by atoms with Gasteiger partial charge < -0.3 is 19.9 Å². The molecule has 23 heavy (non-hydrogen) atoms. The van der Waals surface area contributed by atoms with Crippen molar-refractivity contribution in [1.29, 1.82) is 0 Å². The summed E-state index contributed by atoms with van der Waals surface area (Å²) >= 11 is 0. The molecule has 0 radical (unpaired) electrons. The average Bonchev–Trinajstić information content (AvgIpc) is 3.00. The Kier molecular flexibility index (Phi) is 3.92. The maximum Gasteiger partial charge on any atom is 0.251 e. The van der Waals surface area contributed by atoms with Crippen LogP contribution in [-0.4, -0.2) is 24.4 Å². The lowest BCUT2D eigenvalue weighted by molar-refractivity contribution is 0.0524. The molecule has 0 bridgehead atoms. The number of ether oxygens (including phenoxy) is 2. The highest BCUT2D eigenvalue weighted by Crippen LogP contribution is 2.35. The van der Waals surface area contributed by atoms with Gasteiger partial charge in [0.1, 0.15) is 11.4 Å². The van der Waals surface area contributed by atoms with Crippen molar-refractivity contribution in [3.8, 4) is 11.5 Å². The normalized spacial score (nSPS) is 15.1. The molecule has 2 aromatic carbocycles. The lowest BCUT2D eigenvalue weighted by atomic mass is 9.95. The summed E-state index contributed by atoms with van der Waals surface area (Å²) in [4.78, 5) is 12.0. The van der Waals surface area contributed by atoms with Crippen LogP contribution in [0.25, 0.3) is 0 Å². The third-order valence-electron chi connectivity index (χ3n) is 3.67. The topological polar surface area (TPSA) is 67.8 Å². The minimum absolute atomic E-state index is 0.0258. The van der Waals surface area contributed by atoms with Crippen LogP contribution in [0.2, 0.25) is 0 Å². The molecule has 0 saturated carbocycles. The summed E-state index contributed by atoms with van der Waals surface area (Å²) in [6.07, 6.45) is 0. The predicted octanol–water partition coefficient (Wildman–Crippen LogP) is 2.19. The molecule has 3 rings (SSSR count). The second-order valence-corrected chi connectivity index (χ2v) is 5.53. The molecule has 0 aromatic heterocycles. The van der Waals surface area contributed by atoms with Crippen molar-refractivity contribution in [2.75, 3.05) is 13.3 Å². The Morgan fingerprint density at radius 3 is 2.83 bits per heavy atom. The molecule has 0 aliphatic carbocycles. The van der Waals surface area contributed by atoms with E-state index in [4.69, 9.17) is 9.47 Å². The summed E-state index contributed by atoms with van der Waals surface area (Å²) in [5.74, 6) is 0.235. The van der Waals surface area contributed by atoms with E-state index in [1.165, 1.54) is 18.2 Å². The van der Waals surface area contributed by atoms with Crippen molar-refractivity contribution >= 4 is 5.91 Å². The van der Waals surface area contributed by atoms with Gasteiger partial charge in [0.15, 0.2) is 11.5 Å². The summed E-state index contributed by atoms with van der Waals surface area (Å²) in [6, 6.07) is 10.5. The number of aliphatic hydroxyl groups is 1. The fourth-order valence-corrected chi connectivity index (χ4v) is 2.32. The molecule has 0 spiro atoms. The van der Waals surface area contributed by atoms with Gasteiger partial charge in [-0.15, -0.1) is 0 Å². The van der Waals surface area contributed by atoms with Gasteiger partial charge in [-0.25, -0.2) is 4.39 Å². The van der Waals surface area contributed by atoms with Gasteiger partial charge in [-0.2, -0.15) is 0 Å². The Bertz CT molecular complexity index is 745. The van der Waals surface area contributed by atoms with Crippen LogP contribution in [0.4, 0.5) is 4.39 Å². The smallest absolute Gasteiger partial charge is 0.251 e. The van der Waals surface area contributed by atoms with Crippen LogP contribution in [0.1, 0.15) is 22.8 Å². The van der Waals surface area contributed by atoms with E-state index in [9.17, 15) is 14.3 Å². The van der Waals surface area contributed by atoms with Gasteiger partial charge in [-0.05, 0) is 42.8 Å². The number of halogens is 1. The van der Waals surface area contributed by atoms with Crippen LogP contribution in [0.5, 0.6) is 11.5 Å². The second-order valence-electron chi connectivity index (χ2n) is 5.53. The predicted molar refractivity (Wildman–Crippen MR) is 80.9 cm³/mol. The lowest BCUT2D eigenvalue weighted by Crippen LogP contribution is -2.38. The Balaban J connectivity index is 1.70. The minimum Gasteiger partial charge on any atom is -0.454 e. The largest absolute Gasteiger partial charge is 0.454 e. The van der Waals surface area contributed by atoms with Crippen LogP contribution in [0, 0.1) is 5.82 Å². The van der Waals surface area contributed by atoms with Crippen LogP contribution in [-0.2, 0) is 5.60 Å². The Hall–Kier alpha value is -2.60. The first kappa shape index (κ1) is 15.3. The number of fused-ring (bicyclic) bond motifs is 1. The number of hydrogen-bond donors (Lipinski definition) is 2. The zero-order valence-corrected chi connectivity index (χ0v) is 12.5. The van der Waals surface area contributed by atoms with E-state index in [-0.39, 0.29) is 18.9 Å². The maximum atomic E-state index is 13.1. The molecule has 1 aliphatic rings. The lowest BCUT2D eigenvalue weighted by Gasteiger charge is -2.24. The van der Waals surface area contributed by atoms with Crippen LogP contribution >= 0.6 is 0 Å². The van der Waals surface area contributed by atoms with Gasteiger partial charge in [-0.1, -0.05) is 12.1 Å². The van der Waals surface area contributed by atoms with E-state index in [0.29, 0.717) is 17.1 Å². The first-order chi connectivity index (χ1) is 11.0. The number of benzene rings is 2. The molecule has 1 amide bonds. The maximum absolute atomic E-state index is 13.1. The Morgan fingerprint density at radius 2 is 2.04 bits per heavy atom. The zero-order chi connectivity index (χ0) is 16.4. The van der Waals surface area contributed by atoms with Crippen molar-refractivity contribution in [2.24, 2.45) is 0 Å². The SMILES string of the molecule is CC(O)(CNC(=O)c1cccc(F)c1)c1ccc2c(c1)OCO2. The third-order valence-corrected chi connectivity index (χ3v) is 3.67. The molecule has 1 aliphatic heterocycles. The van der Waals surface area contributed by atoms with Gasteiger partial charge >= 0.3 is 0 Å². The number of carbonyl (C=O) groups is 1. The molecular formula is C17H16FNO4. The quantitative estimate of drug-likeness (QED) is 0.907. The Morgan fingerprint density at radius 1 is 1.26 bits per heavy atom. The molecule has 1 atom stereocenters. The van der Waals surface area contributed by atoms with Gasteiger partial charge in [0.2, 0.25) is 6.79 Å². The van der Waals surface area contributed by atoms with Crippen LogP contribution < -0.4 is 14.8 Å². The fraction of sp³-hybridized carbons (Fsp3) is 0.235. The van der Waals surface area contributed by atoms with E-state index in [1.807, 2.05) is 0 Å². The van der Waals surface area contributed by atoms with E-state index >= 15 is 0 Å². The summed E-state index contributed by atoms with van der Waals surface area (Å²) in [6.45, 7) is 1.70. The minimum atomic E-state index is -1.30. The fourth-order valence-electron chi connectivity index (χ4n) is 2.32. The number of carbonyl (C=O) groups excluding carboxylic acids is 1. The standard InChI is InChI=1S/C17H16FNO4/c1-17(21,12-5-6-14-15(8-12)23-10-22-14)9-19-16(20)11-3-2-4-13(18)7-11/h2-8,21H,9-10H2,1H3,(H,19,20). The number of nitrogens with one attached hydrogen (secondary N) is 1. The molecule has 2 aromatic rings. The van der Waals surface area contributed by atoms with Crippen molar-refractivity contribution < 1.29 is 23.8 Å². The highest BCUT2D eigenvalue weighted by molar-refractivity contribution is 5.94. The van der Waals surface area contributed by atoms with Gasteiger partial charge in [0.25, 0.3) is 5.91 Å². The van der Waals surface area contributed by atoms with Gasteiger partial charge in [0.05, 0.1) is 6.54 Å². The molecule has 1 unspecified atom stereocenters. The number of rotatable bonds is 4. The molecule has 6 heteroatoms. The average molecular weight is 317 g/mol. The number of hydrogen-bond acceptors (Lipinski definition) is 4. The van der Waals surface area contributed by atoms with Gasteiger partial charge in [-0.3, -0.25) is 4.79 Å². The van der Waals surface area contributed by atoms with E-state index in [2.05, 4.69) is 5.32 Å². The first-order valence-corrected chi connectivity index (χ1v) is 7.12. The van der Waals surface area contributed by atoms with Crippen molar-refractivity contribution in [3.05, 3.63) is 59.4 Å². The molecular weight excluding hydrogens is 301 g/mol. The summed E-state index contributed by atoms with van der Waals surface area (Å²) in [5, 5.41) is 13.2. The third kappa shape index (κ3) is 3.27. The van der Waals surface area contributed by atoms with Crippen molar-refractivity contribution in [3.63, 3.8) is 0 Å². The van der Waals surface area contributed by atoms with E-state index in [1.54, 1.807) is 25.1 Å². The van der Waals surface area contributed by atoms with Gasteiger partial charge in [0, 0.05) is 5.56 Å². The molecule has 5 nitrogen and oxygen atoms in total. The molecule has 1 heterocycles. The molecule has 0 saturated heterocycles. The van der Waals surface area contributed by atoms with Crippen molar-refractivity contribution in [2.45, 2.75) is 12.5 Å². The summed E-state index contributed by atoms with van der Waals surface area (Å²) in [7, 11) is 0. The summed E-state index contributed by atoms with van der Waals surface area (Å²) < 4.78 is 23.6. The monoisotopic (exact) mass is 317 g/mol. The summed E-state index contributed by atoms with van der Waals surface area (Å²) in [5.41, 5.74) is -0.517. The van der Waals surface area contributed by atoms with E-state index in [0.717, 1.165) is 6.07 Å². The first-order valence-electron chi connectivity index (χ1n) is 7.12. The van der Waals surface area contributed by atoms with E-state index < -0.39 is 17.3 Å². The molecule has 2 N–H and O–H groups in total. The van der Waals surface area contributed by atoms with Crippen molar-refractivity contribution in [1.82, 2.24) is 5.32 Å². The second kappa shape index (κ2) is 5.89. The highest BCUT2D eigenvalue weighted by Gasteiger charge is 2.26. The zero-order valence-electron chi connectivity index (χ0n) is 12.5. The molecule has 120 valence electrons. The highest BCUT2D eigenvalue weighted by atomic mass is 19.1. The van der Waals surface area contributed by atoms with Crippen LogP contribution in [0.15, 0.2) is 42.5 Å². The molecule has 0 fully saturated rings. The Labute approximate surface area is 132 Å². The van der Waals surface area contributed by atoms with Crippen LogP contribution in [0.3, 0.4) is 0 Å². The number of amides is 1.